The van der Waals surface area contributed by atoms with Gasteiger partial charge in [-0.15, -0.1) is 0 Å². The third-order valence-electron chi connectivity index (χ3n) is 6.84. The molecule has 0 aromatic heterocycles. The summed E-state index contributed by atoms with van der Waals surface area (Å²) in [5.74, 6) is 0.514. The van der Waals surface area contributed by atoms with Crippen LogP contribution < -0.4 is 10.2 Å². The molecule has 4 rings (SSSR count). The normalized spacial score (nSPS) is 16.2. The second kappa shape index (κ2) is 12.1. The molecule has 194 valence electrons. The summed E-state index contributed by atoms with van der Waals surface area (Å²) < 4.78 is 31.0. The van der Waals surface area contributed by atoms with Crippen molar-refractivity contribution in [3.63, 3.8) is 0 Å². The zero-order chi connectivity index (χ0) is 26.3. The number of ether oxygens (including phenoxy) is 3. The van der Waals surface area contributed by atoms with E-state index >= 15 is 0 Å². The van der Waals surface area contributed by atoms with Crippen molar-refractivity contribution in [1.29, 1.82) is 0 Å². The van der Waals surface area contributed by atoms with Crippen LogP contribution in [0, 0.1) is 0 Å². The first-order chi connectivity index (χ1) is 17.8. The molecule has 3 aromatic carbocycles. The lowest BCUT2D eigenvalue weighted by atomic mass is 9.75. The van der Waals surface area contributed by atoms with Gasteiger partial charge in [0.1, 0.15) is 18.1 Å². The molecule has 0 radical (unpaired) electrons. The first-order valence-electron chi connectivity index (χ1n) is 12.6. The molecule has 0 spiro atoms. The van der Waals surface area contributed by atoms with Crippen LogP contribution in [0.25, 0.3) is 0 Å². The maximum Gasteiger partial charge on any atom is 0.499 e. The Morgan fingerprint density at radius 1 is 0.757 bits per heavy atom. The van der Waals surface area contributed by atoms with Gasteiger partial charge in [-0.2, -0.15) is 0 Å². The molecule has 0 amide bonds. The van der Waals surface area contributed by atoms with E-state index in [1.165, 1.54) is 0 Å². The Morgan fingerprint density at radius 3 is 1.76 bits per heavy atom. The zero-order valence-electron chi connectivity index (χ0n) is 22.0. The maximum absolute atomic E-state index is 12.0. The minimum absolute atomic E-state index is 0.303. The van der Waals surface area contributed by atoms with Crippen LogP contribution in [0.1, 0.15) is 49.2 Å². The van der Waals surface area contributed by atoms with Crippen LogP contribution in [0.2, 0.25) is 0 Å². The Labute approximate surface area is 220 Å². The highest BCUT2D eigenvalue weighted by atomic mass is 16.7. The van der Waals surface area contributed by atoms with E-state index in [-0.39, 0.29) is 0 Å². The molecule has 0 saturated carbocycles. The highest BCUT2D eigenvalue weighted by molar-refractivity contribution is 6.64. The third-order valence-corrected chi connectivity index (χ3v) is 6.84. The number of aldehydes is 1. The standard InChI is InChI=1S/C30H35BO6/c1-29(2)30(3,4)37-31(36-29)28-25(18-32)16-11-17-27(28)35-26(21-33-19-23-12-7-5-8-13-23)22-34-20-24-14-9-6-10-15-24/h5-18,26H,19-22H2,1-4H3. The van der Waals surface area contributed by atoms with E-state index in [0.717, 1.165) is 17.4 Å². The lowest BCUT2D eigenvalue weighted by Gasteiger charge is -2.32. The van der Waals surface area contributed by atoms with Crippen molar-refractivity contribution in [3.8, 4) is 5.75 Å². The summed E-state index contributed by atoms with van der Waals surface area (Å²) in [6, 6.07) is 25.3. The Balaban J connectivity index is 1.52. The van der Waals surface area contributed by atoms with E-state index < -0.39 is 24.4 Å². The van der Waals surface area contributed by atoms with Gasteiger partial charge in [0.15, 0.2) is 0 Å². The minimum atomic E-state index is -0.738. The molecule has 1 aliphatic rings. The molecule has 7 heteroatoms. The second-order valence-corrected chi connectivity index (χ2v) is 10.2. The number of carbonyl (C=O) groups excluding carboxylic acids is 1. The van der Waals surface area contributed by atoms with E-state index in [9.17, 15) is 4.79 Å². The third kappa shape index (κ3) is 6.87. The number of carbonyl (C=O) groups is 1. The van der Waals surface area contributed by atoms with Crippen molar-refractivity contribution in [2.45, 2.75) is 58.2 Å². The summed E-state index contributed by atoms with van der Waals surface area (Å²) in [6.07, 6.45) is 0.385. The molecule has 1 aliphatic heterocycles. The van der Waals surface area contributed by atoms with E-state index in [0.29, 0.717) is 43.2 Å². The van der Waals surface area contributed by atoms with Gasteiger partial charge in [-0.1, -0.05) is 72.8 Å². The van der Waals surface area contributed by atoms with Crippen molar-refractivity contribution < 1.29 is 28.3 Å². The van der Waals surface area contributed by atoms with Gasteiger partial charge in [-0.3, -0.25) is 4.79 Å². The van der Waals surface area contributed by atoms with Crippen molar-refractivity contribution >= 4 is 18.9 Å². The lowest BCUT2D eigenvalue weighted by molar-refractivity contribution is -0.0154. The molecular formula is C30H35BO6. The Bertz CT molecular complexity index is 1090. The fraction of sp³-hybridized carbons (Fsp3) is 0.367. The molecule has 0 bridgehead atoms. The molecule has 0 N–H and O–H groups in total. The SMILES string of the molecule is CC1(C)OB(c2c(C=O)cccc2OC(COCc2ccccc2)COCc2ccccc2)OC1(C)C. The van der Waals surface area contributed by atoms with Gasteiger partial charge in [-0.05, 0) is 44.9 Å². The average Bonchev–Trinajstić information content (AvgIpc) is 3.11. The molecule has 0 aliphatic carbocycles. The van der Waals surface area contributed by atoms with Crippen LogP contribution in [-0.4, -0.2) is 43.9 Å². The highest BCUT2D eigenvalue weighted by Crippen LogP contribution is 2.37. The zero-order valence-corrected chi connectivity index (χ0v) is 22.0. The minimum Gasteiger partial charge on any atom is -0.486 e. The van der Waals surface area contributed by atoms with Gasteiger partial charge in [0.25, 0.3) is 0 Å². The predicted octanol–water partition coefficient (Wildman–Crippen LogP) is 4.98. The first kappa shape index (κ1) is 27.1. The lowest BCUT2D eigenvalue weighted by Crippen LogP contribution is -2.41. The smallest absolute Gasteiger partial charge is 0.486 e. The van der Waals surface area contributed by atoms with Crippen LogP contribution >= 0.6 is 0 Å². The van der Waals surface area contributed by atoms with Gasteiger partial charge in [0.05, 0.1) is 37.6 Å². The number of rotatable bonds is 12. The molecule has 0 unspecified atom stereocenters. The quantitative estimate of drug-likeness (QED) is 0.257. The summed E-state index contributed by atoms with van der Waals surface area (Å²) in [5, 5.41) is 0. The Morgan fingerprint density at radius 2 is 1.27 bits per heavy atom. The van der Waals surface area contributed by atoms with Crippen LogP contribution in [0.4, 0.5) is 0 Å². The van der Waals surface area contributed by atoms with Gasteiger partial charge in [0, 0.05) is 11.0 Å². The Kier molecular flexibility index (Phi) is 8.82. The van der Waals surface area contributed by atoms with Gasteiger partial charge < -0.3 is 23.5 Å². The molecule has 1 fully saturated rings. The van der Waals surface area contributed by atoms with Crippen molar-refractivity contribution in [2.24, 2.45) is 0 Å². The molecule has 37 heavy (non-hydrogen) atoms. The number of benzene rings is 3. The highest BCUT2D eigenvalue weighted by Gasteiger charge is 2.53. The van der Waals surface area contributed by atoms with Crippen molar-refractivity contribution in [3.05, 3.63) is 95.6 Å². The van der Waals surface area contributed by atoms with Crippen LogP contribution in [-0.2, 0) is 32.0 Å². The van der Waals surface area contributed by atoms with Gasteiger partial charge >= 0.3 is 7.12 Å². The van der Waals surface area contributed by atoms with Crippen molar-refractivity contribution in [2.75, 3.05) is 13.2 Å². The second-order valence-electron chi connectivity index (χ2n) is 10.2. The molecule has 1 saturated heterocycles. The Hall–Kier alpha value is -2.97. The van der Waals surface area contributed by atoms with Gasteiger partial charge in [-0.25, -0.2) is 0 Å². The largest absolute Gasteiger partial charge is 0.499 e. The molecule has 0 atom stereocenters. The van der Waals surface area contributed by atoms with Crippen LogP contribution in [0.5, 0.6) is 5.75 Å². The summed E-state index contributed by atoms with van der Waals surface area (Å²) in [7, 11) is -0.738. The monoisotopic (exact) mass is 502 g/mol. The van der Waals surface area contributed by atoms with Crippen LogP contribution in [0.15, 0.2) is 78.9 Å². The number of hydrogen-bond acceptors (Lipinski definition) is 6. The predicted molar refractivity (Wildman–Crippen MR) is 144 cm³/mol. The summed E-state index contributed by atoms with van der Waals surface area (Å²) in [4.78, 5) is 12.0. The fourth-order valence-electron chi connectivity index (χ4n) is 4.04. The average molecular weight is 502 g/mol. The summed E-state index contributed by atoms with van der Waals surface area (Å²) >= 11 is 0. The topological polar surface area (TPSA) is 63.2 Å². The molecule has 6 nitrogen and oxygen atoms in total. The van der Waals surface area contributed by atoms with E-state index in [1.54, 1.807) is 12.1 Å². The van der Waals surface area contributed by atoms with Gasteiger partial charge in [0.2, 0.25) is 0 Å². The molecule has 3 aromatic rings. The van der Waals surface area contributed by atoms with E-state index in [2.05, 4.69) is 0 Å². The van der Waals surface area contributed by atoms with E-state index in [4.69, 9.17) is 23.5 Å². The summed E-state index contributed by atoms with van der Waals surface area (Å²) in [6.45, 7) is 9.44. The van der Waals surface area contributed by atoms with Crippen LogP contribution in [0.3, 0.4) is 0 Å². The maximum atomic E-state index is 12.0. The first-order valence-corrected chi connectivity index (χ1v) is 12.6. The fourth-order valence-corrected chi connectivity index (χ4v) is 4.04. The van der Waals surface area contributed by atoms with Crippen molar-refractivity contribution in [1.82, 2.24) is 0 Å². The summed E-state index contributed by atoms with van der Waals surface area (Å²) in [5.41, 5.74) is 2.08. The molecular weight excluding hydrogens is 467 g/mol. The number of hydrogen-bond donors (Lipinski definition) is 0. The van der Waals surface area contributed by atoms with E-state index in [1.807, 2.05) is 94.4 Å². The molecule has 1 heterocycles.